The van der Waals surface area contributed by atoms with E-state index in [0.717, 1.165) is 32.3 Å². The molecular formula is C11H6BrF3N4S. The fourth-order valence-corrected chi connectivity index (χ4v) is 2.87. The van der Waals surface area contributed by atoms with E-state index < -0.39 is 12.0 Å². The third-order valence-corrected chi connectivity index (χ3v) is 4.19. The Morgan fingerprint density at radius 2 is 1.85 bits per heavy atom. The molecule has 0 aliphatic rings. The van der Waals surface area contributed by atoms with Gasteiger partial charge in [-0.05, 0) is 5.56 Å². The van der Waals surface area contributed by atoms with Gasteiger partial charge in [-0.1, -0.05) is 51.5 Å². The highest BCUT2D eigenvalue weighted by atomic mass is 79.9. The van der Waals surface area contributed by atoms with Crippen molar-refractivity contribution in [1.29, 1.82) is 0 Å². The van der Waals surface area contributed by atoms with E-state index in [1.807, 2.05) is 24.3 Å². The predicted molar refractivity (Wildman–Crippen MR) is 71.7 cm³/mol. The average molecular weight is 363 g/mol. The van der Waals surface area contributed by atoms with Crippen molar-refractivity contribution in [1.82, 2.24) is 19.8 Å². The van der Waals surface area contributed by atoms with Crippen molar-refractivity contribution in [3.05, 3.63) is 35.7 Å². The minimum Gasteiger partial charge on any atom is -0.178 e. The first-order valence-electron chi connectivity index (χ1n) is 5.44. The van der Waals surface area contributed by atoms with E-state index in [4.69, 9.17) is 0 Å². The van der Waals surface area contributed by atoms with Gasteiger partial charge < -0.3 is 0 Å². The number of fused-ring (bicyclic) bond motifs is 1. The quantitative estimate of drug-likeness (QED) is 0.651. The van der Waals surface area contributed by atoms with E-state index in [1.165, 1.54) is 0 Å². The fourth-order valence-electron chi connectivity index (χ4n) is 1.65. The molecule has 3 rings (SSSR count). The van der Waals surface area contributed by atoms with Crippen LogP contribution in [0.4, 0.5) is 13.2 Å². The maximum atomic E-state index is 12.7. The molecule has 0 N–H and O–H groups in total. The topological polar surface area (TPSA) is 43.1 Å². The van der Waals surface area contributed by atoms with Crippen LogP contribution in [0.3, 0.4) is 0 Å². The first-order chi connectivity index (χ1) is 9.49. The molecule has 104 valence electrons. The van der Waals surface area contributed by atoms with Gasteiger partial charge in [0.15, 0.2) is 0 Å². The molecule has 2 heterocycles. The van der Waals surface area contributed by atoms with Gasteiger partial charge in [0.2, 0.25) is 4.96 Å². The monoisotopic (exact) mass is 362 g/mol. The molecule has 0 unspecified atom stereocenters. The van der Waals surface area contributed by atoms with Crippen molar-refractivity contribution < 1.29 is 13.2 Å². The molecule has 0 amide bonds. The van der Waals surface area contributed by atoms with Gasteiger partial charge in [-0.25, -0.2) is 0 Å². The van der Waals surface area contributed by atoms with E-state index in [1.54, 1.807) is 0 Å². The number of halogens is 4. The summed E-state index contributed by atoms with van der Waals surface area (Å²) in [6.45, 7) is 0. The van der Waals surface area contributed by atoms with Crippen LogP contribution in [0.25, 0.3) is 15.5 Å². The van der Waals surface area contributed by atoms with E-state index in [-0.39, 0.29) is 4.96 Å². The lowest BCUT2D eigenvalue weighted by Gasteiger charge is -2.00. The van der Waals surface area contributed by atoms with Crippen LogP contribution in [-0.4, -0.2) is 19.8 Å². The van der Waals surface area contributed by atoms with Crippen molar-refractivity contribution in [2.24, 2.45) is 0 Å². The molecule has 0 spiro atoms. The number of hydrogen-bond donors (Lipinski definition) is 0. The summed E-state index contributed by atoms with van der Waals surface area (Å²) in [6, 6.07) is 7.40. The summed E-state index contributed by atoms with van der Waals surface area (Å²) in [5, 5.41) is 11.8. The van der Waals surface area contributed by atoms with Gasteiger partial charge >= 0.3 is 6.18 Å². The molecule has 0 aliphatic heterocycles. The summed E-state index contributed by atoms with van der Waals surface area (Å²) in [5.41, 5.74) is 1.83. The first-order valence-corrected chi connectivity index (χ1v) is 7.37. The molecule has 0 bridgehead atoms. The Morgan fingerprint density at radius 3 is 2.45 bits per heavy atom. The molecule has 0 fully saturated rings. The van der Waals surface area contributed by atoms with Crippen LogP contribution < -0.4 is 0 Å². The molecule has 9 heteroatoms. The van der Waals surface area contributed by atoms with E-state index >= 15 is 0 Å². The minimum absolute atomic E-state index is 0.122. The zero-order valence-electron chi connectivity index (χ0n) is 9.73. The second-order valence-corrected chi connectivity index (χ2v) is 5.47. The molecule has 20 heavy (non-hydrogen) atoms. The Morgan fingerprint density at radius 1 is 1.15 bits per heavy atom. The number of aromatic nitrogens is 4. The average Bonchev–Trinajstić information content (AvgIpc) is 2.97. The Bertz CT molecular complexity index is 747. The molecule has 4 nitrogen and oxygen atoms in total. The Labute approximate surface area is 123 Å². The SMILES string of the molecule is FC(F)(F)c1nnc2sc(-c3ccc(CBr)cc3)nn12. The number of benzene rings is 1. The maximum absolute atomic E-state index is 12.7. The summed E-state index contributed by atoms with van der Waals surface area (Å²) >= 11 is 4.40. The van der Waals surface area contributed by atoms with Crippen LogP contribution in [0.5, 0.6) is 0 Å². The van der Waals surface area contributed by atoms with Crippen molar-refractivity contribution >= 4 is 32.2 Å². The zero-order chi connectivity index (χ0) is 14.3. The van der Waals surface area contributed by atoms with Crippen molar-refractivity contribution in [3.8, 4) is 10.6 Å². The summed E-state index contributed by atoms with van der Waals surface area (Å²) in [6.07, 6.45) is -4.56. The number of nitrogens with zero attached hydrogens (tertiary/aromatic N) is 4. The highest BCUT2D eigenvalue weighted by molar-refractivity contribution is 9.08. The third kappa shape index (κ3) is 2.31. The van der Waals surface area contributed by atoms with Crippen molar-refractivity contribution in [2.45, 2.75) is 11.5 Å². The zero-order valence-corrected chi connectivity index (χ0v) is 12.1. The lowest BCUT2D eigenvalue weighted by atomic mass is 10.2. The minimum atomic E-state index is -4.56. The van der Waals surface area contributed by atoms with Crippen LogP contribution in [0.2, 0.25) is 0 Å². The van der Waals surface area contributed by atoms with Crippen LogP contribution in [-0.2, 0) is 11.5 Å². The molecule has 0 radical (unpaired) electrons. The summed E-state index contributed by atoms with van der Waals surface area (Å²) in [5.74, 6) is -1.10. The highest BCUT2D eigenvalue weighted by Crippen LogP contribution is 2.31. The first kappa shape index (κ1) is 13.5. The van der Waals surface area contributed by atoms with Crippen LogP contribution in [0.1, 0.15) is 11.4 Å². The molecule has 0 saturated carbocycles. The Balaban J connectivity index is 2.06. The van der Waals surface area contributed by atoms with Gasteiger partial charge in [-0.2, -0.15) is 22.8 Å². The number of rotatable bonds is 2. The second-order valence-electron chi connectivity index (χ2n) is 3.95. The molecular weight excluding hydrogens is 357 g/mol. The lowest BCUT2D eigenvalue weighted by Crippen LogP contribution is -2.11. The van der Waals surface area contributed by atoms with E-state index in [0.29, 0.717) is 5.01 Å². The normalized spacial score (nSPS) is 12.2. The van der Waals surface area contributed by atoms with Gasteiger partial charge in [0, 0.05) is 10.9 Å². The second kappa shape index (κ2) is 4.81. The van der Waals surface area contributed by atoms with Gasteiger partial charge in [-0.3, -0.25) is 0 Å². The smallest absolute Gasteiger partial charge is 0.178 e. The molecule has 3 aromatic rings. The predicted octanol–water partition coefficient (Wildman–Crippen LogP) is 3.77. The lowest BCUT2D eigenvalue weighted by molar-refractivity contribution is -0.146. The third-order valence-electron chi connectivity index (χ3n) is 2.60. The van der Waals surface area contributed by atoms with Gasteiger partial charge in [-0.15, -0.1) is 10.2 Å². The molecule has 0 saturated heterocycles. The highest BCUT2D eigenvalue weighted by Gasteiger charge is 2.38. The summed E-state index contributed by atoms with van der Waals surface area (Å²) in [7, 11) is 0. The Hall–Kier alpha value is -1.48. The van der Waals surface area contributed by atoms with Crippen LogP contribution in [0, 0.1) is 0 Å². The molecule has 0 aliphatic carbocycles. The molecule has 1 aromatic carbocycles. The standard InChI is InChI=1S/C11H6BrF3N4S/c12-5-6-1-3-7(4-2-6)8-18-19-9(11(13,14)15)16-17-10(19)20-8/h1-4H,5H2. The largest absolute Gasteiger partial charge is 0.453 e. The van der Waals surface area contributed by atoms with Crippen molar-refractivity contribution in [3.63, 3.8) is 0 Å². The van der Waals surface area contributed by atoms with Gasteiger partial charge in [0.1, 0.15) is 5.01 Å². The van der Waals surface area contributed by atoms with E-state index in [2.05, 4.69) is 31.2 Å². The number of alkyl halides is 4. The van der Waals surface area contributed by atoms with Gasteiger partial charge in [0.25, 0.3) is 5.82 Å². The van der Waals surface area contributed by atoms with Gasteiger partial charge in [0.05, 0.1) is 0 Å². The number of hydrogen-bond acceptors (Lipinski definition) is 4. The van der Waals surface area contributed by atoms with Crippen LogP contribution in [0.15, 0.2) is 24.3 Å². The molecule has 0 atom stereocenters. The van der Waals surface area contributed by atoms with E-state index in [9.17, 15) is 13.2 Å². The fraction of sp³-hybridized carbons (Fsp3) is 0.182. The van der Waals surface area contributed by atoms with Crippen LogP contribution >= 0.6 is 27.3 Å². The summed E-state index contributed by atoms with van der Waals surface area (Å²) < 4.78 is 38.8. The summed E-state index contributed by atoms with van der Waals surface area (Å²) in [4.78, 5) is 0.122. The molecule has 2 aromatic heterocycles. The Kier molecular flexibility index (Phi) is 3.25. The maximum Gasteiger partial charge on any atom is 0.453 e. The van der Waals surface area contributed by atoms with Crippen molar-refractivity contribution in [2.75, 3.05) is 0 Å².